The van der Waals surface area contributed by atoms with Gasteiger partial charge in [0.2, 0.25) is 0 Å². The summed E-state index contributed by atoms with van der Waals surface area (Å²) < 4.78 is 0. The third-order valence-corrected chi connectivity index (χ3v) is 1.51. The lowest BCUT2D eigenvalue weighted by atomic mass is 9.88. The summed E-state index contributed by atoms with van der Waals surface area (Å²) in [5, 5.41) is 0. The van der Waals surface area contributed by atoms with Crippen LogP contribution in [0.1, 0.15) is 20.8 Å². The Labute approximate surface area is 56.5 Å². The number of aliphatic imine (C=N–C) groups is 1. The highest BCUT2D eigenvalue weighted by atomic mass is 14.8. The molecule has 0 saturated carbocycles. The molecule has 9 heavy (non-hydrogen) atoms. The zero-order valence-corrected chi connectivity index (χ0v) is 6.26. The van der Waals surface area contributed by atoms with E-state index in [9.17, 15) is 0 Å². The standard InChI is InChI=1S/C8H13N/c1-8(2,3)7-5-4-6-9-7/h4-7H,1-3H3. The summed E-state index contributed by atoms with van der Waals surface area (Å²) in [6.07, 6.45) is 6.02. The first-order valence-electron chi connectivity index (χ1n) is 3.31. The van der Waals surface area contributed by atoms with Crippen molar-refractivity contribution in [3.63, 3.8) is 0 Å². The minimum absolute atomic E-state index is 0.295. The maximum atomic E-state index is 4.27. The molecule has 0 aliphatic carbocycles. The molecular weight excluding hydrogens is 110 g/mol. The summed E-state index contributed by atoms with van der Waals surface area (Å²) >= 11 is 0. The van der Waals surface area contributed by atoms with E-state index in [2.05, 4.69) is 31.8 Å². The largest absolute Gasteiger partial charge is 0.285 e. The lowest BCUT2D eigenvalue weighted by Gasteiger charge is -2.22. The van der Waals surface area contributed by atoms with Crippen molar-refractivity contribution >= 4 is 6.21 Å². The van der Waals surface area contributed by atoms with Gasteiger partial charge in [-0.15, -0.1) is 0 Å². The zero-order valence-electron chi connectivity index (χ0n) is 6.26. The second kappa shape index (κ2) is 1.98. The van der Waals surface area contributed by atoms with Crippen LogP contribution in [0.4, 0.5) is 0 Å². The van der Waals surface area contributed by atoms with Gasteiger partial charge in [0.1, 0.15) is 0 Å². The molecule has 0 spiro atoms. The van der Waals surface area contributed by atoms with Crippen molar-refractivity contribution in [3.05, 3.63) is 12.2 Å². The molecule has 0 radical (unpaired) electrons. The maximum Gasteiger partial charge on any atom is 0.0731 e. The van der Waals surface area contributed by atoms with Crippen LogP contribution < -0.4 is 0 Å². The Morgan fingerprint density at radius 2 is 2.00 bits per heavy atom. The average molecular weight is 123 g/mol. The van der Waals surface area contributed by atoms with Crippen molar-refractivity contribution in [3.8, 4) is 0 Å². The van der Waals surface area contributed by atoms with E-state index >= 15 is 0 Å². The van der Waals surface area contributed by atoms with Crippen LogP contribution in [0, 0.1) is 5.41 Å². The summed E-state index contributed by atoms with van der Waals surface area (Å²) in [5.74, 6) is 0. The molecular formula is C8H13N. The van der Waals surface area contributed by atoms with Gasteiger partial charge in [-0.3, -0.25) is 4.99 Å². The van der Waals surface area contributed by atoms with E-state index in [1.165, 1.54) is 0 Å². The Morgan fingerprint density at radius 3 is 2.22 bits per heavy atom. The molecule has 1 atom stereocenters. The van der Waals surface area contributed by atoms with E-state index in [0.717, 1.165) is 0 Å². The third kappa shape index (κ3) is 1.41. The van der Waals surface area contributed by atoms with E-state index in [1.807, 2.05) is 12.3 Å². The topological polar surface area (TPSA) is 12.4 Å². The first-order chi connectivity index (χ1) is 4.11. The summed E-state index contributed by atoms with van der Waals surface area (Å²) in [5.41, 5.74) is 0.295. The Bertz CT molecular complexity index is 136. The highest BCUT2D eigenvalue weighted by Crippen LogP contribution is 2.24. The highest BCUT2D eigenvalue weighted by Gasteiger charge is 2.21. The molecule has 0 amide bonds. The van der Waals surface area contributed by atoms with Crippen LogP contribution in [0.2, 0.25) is 0 Å². The van der Waals surface area contributed by atoms with E-state index in [0.29, 0.717) is 11.5 Å². The predicted octanol–water partition coefficient (Wildman–Crippen LogP) is 2.04. The molecule has 1 unspecified atom stereocenters. The number of nitrogens with zero attached hydrogens (tertiary/aromatic N) is 1. The fourth-order valence-electron chi connectivity index (χ4n) is 0.859. The normalized spacial score (nSPS) is 25.4. The fraction of sp³-hybridized carbons (Fsp3) is 0.625. The van der Waals surface area contributed by atoms with Crippen molar-refractivity contribution in [2.75, 3.05) is 0 Å². The van der Waals surface area contributed by atoms with Crippen LogP contribution in [0.5, 0.6) is 0 Å². The minimum atomic E-state index is 0.295. The molecule has 1 heteroatoms. The summed E-state index contributed by atoms with van der Waals surface area (Å²) in [6, 6.07) is 0.400. The second-order valence-electron chi connectivity index (χ2n) is 3.49. The lowest BCUT2D eigenvalue weighted by Crippen LogP contribution is -2.20. The van der Waals surface area contributed by atoms with Crippen LogP contribution in [0.3, 0.4) is 0 Å². The molecule has 1 nitrogen and oxygen atoms in total. The zero-order chi connectivity index (χ0) is 6.91. The first-order valence-corrected chi connectivity index (χ1v) is 3.31. The van der Waals surface area contributed by atoms with E-state index in [1.54, 1.807) is 0 Å². The van der Waals surface area contributed by atoms with Gasteiger partial charge in [-0.1, -0.05) is 26.8 Å². The maximum absolute atomic E-state index is 4.27. The highest BCUT2D eigenvalue weighted by molar-refractivity contribution is 5.74. The molecule has 0 aromatic rings. The van der Waals surface area contributed by atoms with Gasteiger partial charge >= 0.3 is 0 Å². The lowest BCUT2D eigenvalue weighted by molar-refractivity contribution is 0.371. The molecule has 1 aliphatic rings. The Balaban J connectivity index is 2.64. The van der Waals surface area contributed by atoms with Gasteiger partial charge in [-0.25, -0.2) is 0 Å². The van der Waals surface area contributed by atoms with Crippen molar-refractivity contribution in [2.45, 2.75) is 26.8 Å². The van der Waals surface area contributed by atoms with Gasteiger partial charge in [-0.05, 0) is 11.5 Å². The van der Waals surface area contributed by atoms with Crippen molar-refractivity contribution in [1.29, 1.82) is 0 Å². The fourth-order valence-corrected chi connectivity index (χ4v) is 0.859. The smallest absolute Gasteiger partial charge is 0.0731 e. The van der Waals surface area contributed by atoms with Crippen molar-refractivity contribution < 1.29 is 0 Å². The summed E-state index contributed by atoms with van der Waals surface area (Å²) in [4.78, 5) is 4.27. The van der Waals surface area contributed by atoms with Gasteiger partial charge in [-0.2, -0.15) is 0 Å². The van der Waals surface area contributed by atoms with Crippen LogP contribution in [-0.4, -0.2) is 12.3 Å². The van der Waals surface area contributed by atoms with E-state index < -0.39 is 0 Å². The Morgan fingerprint density at radius 1 is 1.33 bits per heavy atom. The molecule has 0 N–H and O–H groups in total. The molecule has 50 valence electrons. The molecule has 0 fully saturated rings. The van der Waals surface area contributed by atoms with Gasteiger partial charge in [0.05, 0.1) is 6.04 Å². The van der Waals surface area contributed by atoms with Crippen LogP contribution >= 0.6 is 0 Å². The van der Waals surface area contributed by atoms with E-state index in [4.69, 9.17) is 0 Å². The van der Waals surface area contributed by atoms with Gasteiger partial charge in [0.15, 0.2) is 0 Å². The Hall–Kier alpha value is -0.590. The van der Waals surface area contributed by atoms with Crippen LogP contribution in [-0.2, 0) is 0 Å². The molecule has 0 bridgehead atoms. The molecule has 0 saturated heterocycles. The molecule has 1 aliphatic heterocycles. The van der Waals surface area contributed by atoms with Crippen LogP contribution in [0.25, 0.3) is 0 Å². The molecule has 0 aromatic carbocycles. The molecule has 0 aromatic heterocycles. The predicted molar refractivity (Wildman–Crippen MR) is 40.9 cm³/mol. The number of rotatable bonds is 0. The number of allylic oxidation sites excluding steroid dienone is 1. The molecule has 1 rings (SSSR count). The Kier molecular flexibility index (Phi) is 1.43. The summed E-state index contributed by atoms with van der Waals surface area (Å²) in [7, 11) is 0. The SMILES string of the molecule is CC(C)(C)C1C=CC=N1. The minimum Gasteiger partial charge on any atom is -0.285 e. The number of hydrogen-bond acceptors (Lipinski definition) is 1. The van der Waals surface area contributed by atoms with E-state index in [-0.39, 0.29) is 0 Å². The van der Waals surface area contributed by atoms with Crippen LogP contribution in [0.15, 0.2) is 17.1 Å². The van der Waals surface area contributed by atoms with Crippen molar-refractivity contribution in [1.82, 2.24) is 0 Å². The van der Waals surface area contributed by atoms with Gasteiger partial charge in [0, 0.05) is 6.21 Å². The monoisotopic (exact) mass is 123 g/mol. The average Bonchev–Trinajstić information content (AvgIpc) is 2.08. The second-order valence-corrected chi connectivity index (χ2v) is 3.49. The summed E-state index contributed by atoms with van der Waals surface area (Å²) in [6.45, 7) is 6.60. The molecule has 1 heterocycles. The quantitative estimate of drug-likeness (QED) is 0.467. The third-order valence-electron chi connectivity index (χ3n) is 1.51. The van der Waals surface area contributed by atoms with Gasteiger partial charge < -0.3 is 0 Å². The van der Waals surface area contributed by atoms with Gasteiger partial charge in [0.25, 0.3) is 0 Å². The number of hydrogen-bond donors (Lipinski definition) is 0. The first kappa shape index (κ1) is 6.53. The van der Waals surface area contributed by atoms with Crippen molar-refractivity contribution in [2.24, 2.45) is 10.4 Å².